The molecule has 8 heteroatoms. The summed E-state index contributed by atoms with van der Waals surface area (Å²) in [5.74, 6) is -0.0836. The lowest BCUT2D eigenvalue weighted by Gasteiger charge is -2.20. The highest BCUT2D eigenvalue weighted by molar-refractivity contribution is 8.00. The van der Waals surface area contributed by atoms with E-state index in [-0.39, 0.29) is 30.1 Å². The lowest BCUT2D eigenvalue weighted by Crippen LogP contribution is -2.47. The van der Waals surface area contributed by atoms with Gasteiger partial charge in [-0.15, -0.1) is 24.8 Å². The SMILES string of the molecule is CC(N)=NC[C@@H](C)SC[C@@](C)(N)C(=O)O.Cl.Cl. The number of thioether (sulfide) groups is 1. The molecule has 0 bridgehead atoms. The minimum Gasteiger partial charge on any atom is -0.480 e. The van der Waals surface area contributed by atoms with Crippen molar-refractivity contribution >= 4 is 48.4 Å². The third kappa shape index (κ3) is 10.7. The molecule has 0 aliphatic rings. The van der Waals surface area contributed by atoms with E-state index in [1.807, 2.05) is 6.92 Å². The fourth-order valence-corrected chi connectivity index (χ4v) is 1.64. The highest BCUT2D eigenvalue weighted by atomic mass is 35.5. The smallest absolute Gasteiger partial charge is 0.324 e. The van der Waals surface area contributed by atoms with Crippen molar-refractivity contribution in [3.05, 3.63) is 0 Å². The van der Waals surface area contributed by atoms with Crippen LogP contribution in [0.1, 0.15) is 20.8 Å². The van der Waals surface area contributed by atoms with Crippen LogP contribution in [0.4, 0.5) is 0 Å². The van der Waals surface area contributed by atoms with Gasteiger partial charge in [0.05, 0.1) is 12.4 Å². The number of nitrogens with two attached hydrogens (primary N) is 2. The lowest BCUT2D eigenvalue weighted by atomic mass is 10.1. The normalized spacial score (nSPS) is 16.1. The van der Waals surface area contributed by atoms with Crippen LogP contribution in [0.5, 0.6) is 0 Å². The van der Waals surface area contributed by atoms with Crippen LogP contribution in [0, 0.1) is 0 Å². The van der Waals surface area contributed by atoms with E-state index in [1.165, 1.54) is 18.7 Å². The molecule has 0 aromatic carbocycles. The summed E-state index contributed by atoms with van der Waals surface area (Å²) in [7, 11) is 0. The quantitative estimate of drug-likeness (QED) is 0.504. The van der Waals surface area contributed by atoms with Gasteiger partial charge < -0.3 is 16.6 Å². The Morgan fingerprint density at radius 3 is 2.35 bits per heavy atom. The molecule has 0 amide bonds. The highest BCUT2D eigenvalue weighted by Gasteiger charge is 2.28. The fourth-order valence-electron chi connectivity index (χ4n) is 0.702. The number of carboxylic acid groups (broad SMARTS) is 1. The van der Waals surface area contributed by atoms with Gasteiger partial charge in [-0.1, -0.05) is 6.92 Å². The number of amidine groups is 1. The molecule has 5 N–H and O–H groups in total. The van der Waals surface area contributed by atoms with Crippen LogP contribution >= 0.6 is 36.6 Å². The van der Waals surface area contributed by atoms with E-state index in [2.05, 4.69) is 4.99 Å². The zero-order chi connectivity index (χ0) is 12.1. The maximum absolute atomic E-state index is 10.7. The van der Waals surface area contributed by atoms with E-state index in [1.54, 1.807) is 6.92 Å². The Labute approximate surface area is 119 Å². The lowest BCUT2D eigenvalue weighted by molar-refractivity contribution is -0.141. The summed E-state index contributed by atoms with van der Waals surface area (Å²) in [5.41, 5.74) is 9.80. The van der Waals surface area contributed by atoms with Crippen LogP contribution in [-0.4, -0.2) is 40.0 Å². The Kier molecular flexibility index (Phi) is 12.7. The second kappa shape index (κ2) is 9.82. The number of carboxylic acids is 1. The van der Waals surface area contributed by atoms with Crippen molar-refractivity contribution in [3.8, 4) is 0 Å². The van der Waals surface area contributed by atoms with Crippen molar-refractivity contribution < 1.29 is 9.90 Å². The molecule has 0 fully saturated rings. The molecular formula is C9H21Cl2N3O2S. The summed E-state index contributed by atoms with van der Waals surface area (Å²) < 4.78 is 0. The number of aliphatic imine (C=N–C) groups is 1. The zero-order valence-corrected chi connectivity index (χ0v) is 12.6. The van der Waals surface area contributed by atoms with Crippen LogP contribution in [0.3, 0.4) is 0 Å². The first-order chi connectivity index (χ1) is 6.75. The minimum absolute atomic E-state index is 0. The Hall–Kier alpha value is -0.170. The third-order valence-electron chi connectivity index (χ3n) is 1.75. The number of halogens is 2. The van der Waals surface area contributed by atoms with E-state index in [4.69, 9.17) is 16.6 Å². The van der Waals surface area contributed by atoms with E-state index in [9.17, 15) is 4.79 Å². The van der Waals surface area contributed by atoms with Gasteiger partial charge in [0.1, 0.15) is 5.54 Å². The highest BCUT2D eigenvalue weighted by Crippen LogP contribution is 2.16. The van der Waals surface area contributed by atoms with Crippen LogP contribution < -0.4 is 11.5 Å². The molecule has 0 saturated carbocycles. The molecule has 0 aliphatic heterocycles. The van der Waals surface area contributed by atoms with E-state index in [0.29, 0.717) is 18.1 Å². The average Bonchev–Trinajstić information content (AvgIpc) is 2.11. The van der Waals surface area contributed by atoms with Gasteiger partial charge in [-0.2, -0.15) is 11.8 Å². The molecule has 0 heterocycles. The van der Waals surface area contributed by atoms with Gasteiger partial charge in [-0.05, 0) is 13.8 Å². The Morgan fingerprint density at radius 1 is 1.53 bits per heavy atom. The number of nitrogens with zero attached hydrogens (tertiary/aromatic N) is 1. The third-order valence-corrected chi connectivity index (χ3v) is 3.24. The summed E-state index contributed by atoms with van der Waals surface area (Å²) in [6.07, 6.45) is 0. The zero-order valence-electron chi connectivity index (χ0n) is 10.2. The van der Waals surface area contributed by atoms with Crippen molar-refractivity contribution in [3.63, 3.8) is 0 Å². The molecule has 0 aliphatic carbocycles. The molecule has 2 atom stereocenters. The summed E-state index contributed by atoms with van der Waals surface area (Å²) in [5, 5.41) is 9.00. The molecule has 0 rings (SSSR count). The first-order valence-electron chi connectivity index (χ1n) is 4.66. The minimum atomic E-state index is -1.18. The van der Waals surface area contributed by atoms with Crippen molar-refractivity contribution in [2.45, 2.75) is 31.6 Å². The molecule has 104 valence electrons. The number of carbonyl (C=O) groups is 1. The Balaban J connectivity index is -0.000000980. The molecule has 17 heavy (non-hydrogen) atoms. The maximum Gasteiger partial charge on any atom is 0.324 e. The van der Waals surface area contributed by atoms with Gasteiger partial charge >= 0.3 is 5.97 Å². The monoisotopic (exact) mass is 305 g/mol. The molecule has 5 nitrogen and oxygen atoms in total. The van der Waals surface area contributed by atoms with E-state index in [0.717, 1.165) is 0 Å². The predicted octanol–water partition coefficient (Wildman–Crippen LogP) is 1.13. The number of hydrogen-bond donors (Lipinski definition) is 3. The summed E-state index contributed by atoms with van der Waals surface area (Å²) >= 11 is 1.49. The first kappa shape index (κ1) is 22.0. The van der Waals surface area contributed by atoms with Crippen LogP contribution in [0.15, 0.2) is 4.99 Å². The molecule has 0 unspecified atom stereocenters. The van der Waals surface area contributed by atoms with Crippen molar-refractivity contribution in [2.75, 3.05) is 12.3 Å². The van der Waals surface area contributed by atoms with Gasteiger partial charge in [0.15, 0.2) is 0 Å². The van der Waals surface area contributed by atoms with Crippen molar-refractivity contribution in [1.29, 1.82) is 0 Å². The number of rotatable bonds is 6. The topological polar surface area (TPSA) is 102 Å². The van der Waals surface area contributed by atoms with E-state index >= 15 is 0 Å². The van der Waals surface area contributed by atoms with Gasteiger partial charge in [-0.3, -0.25) is 9.79 Å². The van der Waals surface area contributed by atoms with Gasteiger partial charge in [0, 0.05) is 11.0 Å². The first-order valence-corrected chi connectivity index (χ1v) is 5.71. The largest absolute Gasteiger partial charge is 0.480 e. The second-order valence-electron chi connectivity index (χ2n) is 3.83. The van der Waals surface area contributed by atoms with Crippen LogP contribution in [0.25, 0.3) is 0 Å². The molecule has 0 aromatic heterocycles. The van der Waals surface area contributed by atoms with Crippen molar-refractivity contribution in [2.24, 2.45) is 16.5 Å². The Bertz CT molecular complexity index is 259. The Morgan fingerprint density at radius 2 is 2.00 bits per heavy atom. The molecule has 0 radical (unpaired) electrons. The summed E-state index contributed by atoms with van der Waals surface area (Å²) in [6.45, 7) is 5.78. The fraction of sp³-hybridized carbons (Fsp3) is 0.778. The standard InChI is InChI=1S/C9H19N3O2S.2ClH/c1-6(4-12-7(2)10)15-5-9(3,11)8(13)14;;/h6H,4-5,11H2,1-3H3,(H2,10,12)(H,13,14);2*1H/t6-,9-;;/m1../s1. The summed E-state index contributed by atoms with van der Waals surface area (Å²) in [6, 6.07) is 0. The van der Waals surface area contributed by atoms with E-state index < -0.39 is 11.5 Å². The summed E-state index contributed by atoms with van der Waals surface area (Å²) in [4.78, 5) is 14.8. The number of aliphatic carboxylic acids is 1. The molecular weight excluding hydrogens is 285 g/mol. The second-order valence-corrected chi connectivity index (χ2v) is 5.25. The van der Waals surface area contributed by atoms with Crippen molar-refractivity contribution in [1.82, 2.24) is 0 Å². The molecule has 0 aromatic rings. The van der Waals surface area contributed by atoms with Crippen LogP contribution in [-0.2, 0) is 4.79 Å². The number of hydrogen-bond acceptors (Lipinski definition) is 4. The average molecular weight is 306 g/mol. The predicted molar refractivity (Wildman–Crippen MR) is 78.8 cm³/mol. The molecule has 0 spiro atoms. The van der Waals surface area contributed by atoms with Gasteiger partial charge in [0.25, 0.3) is 0 Å². The molecule has 0 saturated heterocycles. The van der Waals surface area contributed by atoms with Crippen LogP contribution in [0.2, 0.25) is 0 Å². The van der Waals surface area contributed by atoms with Gasteiger partial charge in [-0.25, -0.2) is 0 Å². The van der Waals surface area contributed by atoms with Gasteiger partial charge in [0.2, 0.25) is 0 Å². The maximum atomic E-state index is 10.7.